The van der Waals surface area contributed by atoms with E-state index in [0.29, 0.717) is 12.1 Å². The number of benzene rings is 1. The molecule has 1 saturated heterocycles. The second-order valence-electron chi connectivity index (χ2n) is 6.32. The van der Waals surface area contributed by atoms with Gasteiger partial charge in [-0.3, -0.25) is 0 Å². The molecule has 1 aromatic carbocycles. The molecule has 0 saturated carbocycles. The highest BCUT2D eigenvalue weighted by Crippen LogP contribution is 2.29. The van der Waals surface area contributed by atoms with Crippen molar-refractivity contribution < 1.29 is 4.74 Å². The van der Waals surface area contributed by atoms with Crippen LogP contribution in [-0.4, -0.2) is 38.2 Å². The first-order valence-corrected chi connectivity index (χ1v) is 8.23. The third-order valence-electron chi connectivity index (χ3n) is 4.75. The molecular weight excluding hydrogens is 260 g/mol. The maximum atomic E-state index is 5.52. The number of likely N-dealkylation sites (tertiary alicyclic amines) is 1. The molecule has 0 aliphatic carbocycles. The van der Waals surface area contributed by atoms with Crippen LogP contribution >= 0.6 is 0 Å². The standard InChI is InChI=1S/C18H30N2O/c1-5-17(16-10-6-7-11-18(16)21-4)19-14(2)15-9-8-12-20(3)13-15/h6-7,10-11,14-15,17,19H,5,8-9,12-13H2,1-4H3. The molecule has 1 aliphatic heterocycles. The lowest BCUT2D eigenvalue weighted by molar-refractivity contribution is 0.172. The molecule has 0 aromatic heterocycles. The Hall–Kier alpha value is -1.06. The van der Waals surface area contributed by atoms with Crippen molar-refractivity contribution in [3.63, 3.8) is 0 Å². The summed E-state index contributed by atoms with van der Waals surface area (Å²) < 4.78 is 5.52. The summed E-state index contributed by atoms with van der Waals surface area (Å²) in [5.74, 6) is 1.73. The zero-order chi connectivity index (χ0) is 15.2. The third-order valence-corrected chi connectivity index (χ3v) is 4.75. The quantitative estimate of drug-likeness (QED) is 0.868. The highest BCUT2D eigenvalue weighted by atomic mass is 16.5. The van der Waals surface area contributed by atoms with E-state index in [1.807, 2.05) is 6.07 Å². The van der Waals surface area contributed by atoms with Crippen molar-refractivity contribution in [2.45, 2.75) is 45.2 Å². The summed E-state index contributed by atoms with van der Waals surface area (Å²) in [5.41, 5.74) is 1.28. The Kier molecular flexibility index (Phi) is 6.07. The van der Waals surface area contributed by atoms with Gasteiger partial charge >= 0.3 is 0 Å². The van der Waals surface area contributed by atoms with Gasteiger partial charge in [-0.15, -0.1) is 0 Å². The molecule has 1 fully saturated rings. The van der Waals surface area contributed by atoms with E-state index in [2.05, 4.69) is 49.3 Å². The number of para-hydroxylation sites is 1. The minimum atomic E-state index is 0.364. The molecule has 1 aromatic rings. The first-order chi connectivity index (χ1) is 10.2. The Labute approximate surface area is 129 Å². The molecule has 118 valence electrons. The van der Waals surface area contributed by atoms with E-state index < -0.39 is 0 Å². The highest BCUT2D eigenvalue weighted by molar-refractivity contribution is 5.35. The molecule has 1 heterocycles. The molecule has 0 bridgehead atoms. The average Bonchev–Trinajstić information content (AvgIpc) is 2.52. The van der Waals surface area contributed by atoms with Crippen molar-refractivity contribution in [2.75, 3.05) is 27.2 Å². The van der Waals surface area contributed by atoms with E-state index in [9.17, 15) is 0 Å². The molecule has 0 spiro atoms. The molecule has 3 atom stereocenters. The predicted molar refractivity (Wildman–Crippen MR) is 88.8 cm³/mol. The van der Waals surface area contributed by atoms with Gasteiger partial charge in [0.15, 0.2) is 0 Å². The number of hydrogen-bond donors (Lipinski definition) is 1. The van der Waals surface area contributed by atoms with Gasteiger partial charge in [0.2, 0.25) is 0 Å². The van der Waals surface area contributed by atoms with Crippen LogP contribution in [0.25, 0.3) is 0 Å². The smallest absolute Gasteiger partial charge is 0.123 e. The van der Waals surface area contributed by atoms with Gasteiger partial charge in [-0.1, -0.05) is 25.1 Å². The van der Waals surface area contributed by atoms with Crippen LogP contribution in [0.2, 0.25) is 0 Å². The summed E-state index contributed by atoms with van der Waals surface area (Å²) in [6.07, 6.45) is 3.73. The van der Waals surface area contributed by atoms with Crippen LogP contribution in [0.1, 0.15) is 44.7 Å². The van der Waals surface area contributed by atoms with Gasteiger partial charge in [-0.25, -0.2) is 0 Å². The molecule has 2 rings (SSSR count). The first kappa shape index (κ1) is 16.3. The lowest BCUT2D eigenvalue weighted by Crippen LogP contribution is -2.44. The predicted octanol–water partition coefficient (Wildman–Crippen LogP) is 3.47. The van der Waals surface area contributed by atoms with E-state index in [-0.39, 0.29) is 0 Å². The SMILES string of the molecule is CCC(NC(C)C1CCCN(C)C1)c1ccccc1OC. The number of nitrogens with zero attached hydrogens (tertiary/aromatic N) is 1. The van der Waals surface area contributed by atoms with Crippen molar-refractivity contribution in [1.29, 1.82) is 0 Å². The Morgan fingerprint density at radius 2 is 2.14 bits per heavy atom. The van der Waals surface area contributed by atoms with Crippen molar-refractivity contribution in [3.05, 3.63) is 29.8 Å². The summed E-state index contributed by atoms with van der Waals surface area (Å²) in [4.78, 5) is 2.45. The Morgan fingerprint density at radius 3 is 2.81 bits per heavy atom. The van der Waals surface area contributed by atoms with Gasteiger partial charge in [-0.05, 0) is 51.8 Å². The summed E-state index contributed by atoms with van der Waals surface area (Å²) >= 11 is 0. The first-order valence-electron chi connectivity index (χ1n) is 8.23. The zero-order valence-corrected chi connectivity index (χ0v) is 13.9. The highest BCUT2D eigenvalue weighted by Gasteiger charge is 2.25. The lowest BCUT2D eigenvalue weighted by Gasteiger charge is -2.36. The fourth-order valence-electron chi connectivity index (χ4n) is 3.45. The second kappa shape index (κ2) is 7.81. The molecule has 0 radical (unpaired) electrons. The molecule has 3 unspecified atom stereocenters. The van der Waals surface area contributed by atoms with Crippen LogP contribution < -0.4 is 10.1 Å². The van der Waals surface area contributed by atoms with Gasteiger partial charge in [0.1, 0.15) is 5.75 Å². The molecule has 1 N–H and O–H groups in total. The number of rotatable bonds is 6. The summed E-state index contributed by atoms with van der Waals surface area (Å²) in [6, 6.07) is 9.26. The monoisotopic (exact) mass is 290 g/mol. The molecule has 1 aliphatic rings. The van der Waals surface area contributed by atoms with E-state index in [0.717, 1.165) is 18.1 Å². The van der Waals surface area contributed by atoms with Gasteiger partial charge in [0.05, 0.1) is 7.11 Å². The normalized spacial score (nSPS) is 22.8. The zero-order valence-electron chi connectivity index (χ0n) is 13.9. The topological polar surface area (TPSA) is 24.5 Å². The molecule has 3 nitrogen and oxygen atoms in total. The minimum Gasteiger partial charge on any atom is -0.496 e. The minimum absolute atomic E-state index is 0.364. The second-order valence-corrected chi connectivity index (χ2v) is 6.32. The van der Waals surface area contributed by atoms with E-state index in [1.54, 1.807) is 7.11 Å². The van der Waals surface area contributed by atoms with Crippen LogP contribution in [0.15, 0.2) is 24.3 Å². The maximum Gasteiger partial charge on any atom is 0.123 e. The molecule has 0 amide bonds. The Morgan fingerprint density at radius 1 is 1.38 bits per heavy atom. The van der Waals surface area contributed by atoms with Crippen LogP contribution in [0.4, 0.5) is 0 Å². The van der Waals surface area contributed by atoms with Crippen LogP contribution in [0.5, 0.6) is 5.75 Å². The third kappa shape index (κ3) is 4.21. The molecular formula is C18H30N2O. The van der Waals surface area contributed by atoms with Crippen LogP contribution in [0, 0.1) is 5.92 Å². The largest absolute Gasteiger partial charge is 0.496 e. The summed E-state index contributed by atoms with van der Waals surface area (Å²) in [6.45, 7) is 7.02. The number of methoxy groups -OCH3 is 1. The molecule has 3 heteroatoms. The van der Waals surface area contributed by atoms with E-state index in [1.165, 1.54) is 31.5 Å². The van der Waals surface area contributed by atoms with Gasteiger partial charge in [-0.2, -0.15) is 0 Å². The Bertz CT molecular complexity index is 435. The fraction of sp³-hybridized carbons (Fsp3) is 0.667. The van der Waals surface area contributed by atoms with Crippen molar-refractivity contribution in [3.8, 4) is 5.75 Å². The van der Waals surface area contributed by atoms with Gasteiger partial charge in [0, 0.05) is 24.2 Å². The van der Waals surface area contributed by atoms with Crippen molar-refractivity contribution in [1.82, 2.24) is 10.2 Å². The Balaban J connectivity index is 2.04. The van der Waals surface area contributed by atoms with Crippen molar-refractivity contribution >= 4 is 0 Å². The summed E-state index contributed by atoms with van der Waals surface area (Å²) in [5, 5.41) is 3.84. The number of hydrogen-bond acceptors (Lipinski definition) is 3. The number of nitrogens with one attached hydrogen (secondary N) is 1. The van der Waals surface area contributed by atoms with E-state index >= 15 is 0 Å². The van der Waals surface area contributed by atoms with Gasteiger partial charge in [0.25, 0.3) is 0 Å². The number of ether oxygens (including phenoxy) is 1. The summed E-state index contributed by atoms with van der Waals surface area (Å²) in [7, 11) is 3.99. The van der Waals surface area contributed by atoms with Crippen LogP contribution in [0.3, 0.4) is 0 Å². The van der Waals surface area contributed by atoms with Crippen LogP contribution in [-0.2, 0) is 0 Å². The maximum absolute atomic E-state index is 5.52. The fourth-order valence-corrected chi connectivity index (χ4v) is 3.45. The van der Waals surface area contributed by atoms with Crippen molar-refractivity contribution in [2.24, 2.45) is 5.92 Å². The number of piperidine rings is 1. The molecule has 21 heavy (non-hydrogen) atoms. The lowest BCUT2D eigenvalue weighted by atomic mass is 9.90. The van der Waals surface area contributed by atoms with Gasteiger partial charge < -0.3 is 15.0 Å². The average molecular weight is 290 g/mol. The van der Waals surface area contributed by atoms with E-state index in [4.69, 9.17) is 4.74 Å².